The Hall–Kier alpha value is -0.160. The zero-order chi connectivity index (χ0) is 12.3. The standard InChI is InChI=1S/C13H26N2O2/c1-11(2)15(6-5-14)12-3-7-17-13(9-12)4-8-16-10-13/h11-12H,3-10,14H2,1-2H3. The van der Waals surface area contributed by atoms with Crippen LogP contribution in [0.3, 0.4) is 0 Å². The lowest BCUT2D eigenvalue weighted by Gasteiger charge is -2.43. The van der Waals surface area contributed by atoms with Crippen molar-refractivity contribution < 1.29 is 9.47 Å². The summed E-state index contributed by atoms with van der Waals surface area (Å²) in [7, 11) is 0. The summed E-state index contributed by atoms with van der Waals surface area (Å²) in [5.74, 6) is 0. The number of hydrogen-bond acceptors (Lipinski definition) is 4. The maximum absolute atomic E-state index is 5.98. The van der Waals surface area contributed by atoms with E-state index >= 15 is 0 Å². The van der Waals surface area contributed by atoms with Gasteiger partial charge in [-0.3, -0.25) is 4.90 Å². The Morgan fingerprint density at radius 3 is 2.82 bits per heavy atom. The van der Waals surface area contributed by atoms with Crippen molar-refractivity contribution in [2.75, 3.05) is 32.9 Å². The molecule has 2 saturated heterocycles. The number of rotatable bonds is 4. The Labute approximate surface area is 104 Å². The first-order valence-electron chi connectivity index (χ1n) is 6.84. The molecule has 0 amide bonds. The molecule has 4 heteroatoms. The van der Waals surface area contributed by atoms with Gasteiger partial charge in [0, 0.05) is 44.8 Å². The van der Waals surface area contributed by atoms with Crippen LogP contribution in [0.1, 0.15) is 33.1 Å². The van der Waals surface area contributed by atoms with Crippen LogP contribution in [0.25, 0.3) is 0 Å². The minimum absolute atomic E-state index is 0.00462. The van der Waals surface area contributed by atoms with E-state index in [1.807, 2.05) is 0 Å². The van der Waals surface area contributed by atoms with Crippen LogP contribution < -0.4 is 5.73 Å². The van der Waals surface area contributed by atoms with E-state index in [0.29, 0.717) is 12.1 Å². The third-order valence-corrected chi connectivity index (χ3v) is 4.05. The molecule has 2 heterocycles. The Balaban J connectivity index is 1.99. The summed E-state index contributed by atoms with van der Waals surface area (Å²) in [6.07, 6.45) is 3.28. The first-order valence-corrected chi connectivity index (χ1v) is 6.84. The normalized spacial score (nSPS) is 34.1. The average Bonchev–Trinajstić information content (AvgIpc) is 2.73. The summed E-state index contributed by atoms with van der Waals surface area (Å²) in [5.41, 5.74) is 5.73. The molecule has 0 aromatic rings. The third-order valence-electron chi connectivity index (χ3n) is 4.05. The van der Waals surface area contributed by atoms with E-state index < -0.39 is 0 Å². The monoisotopic (exact) mass is 242 g/mol. The molecule has 4 nitrogen and oxygen atoms in total. The molecule has 2 N–H and O–H groups in total. The van der Waals surface area contributed by atoms with Crippen LogP contribution >= 0.6 is 0 Å². The molecule has 0 radical (unpaired) electrons. The fraction of sp³-hybridized carbons (Fsp3) is 1.00. The van der Waals surface area contributed by atoms with E-state index in [4.69, 9.17) is 15.2 Å². The highest BCUT2D eigenvalue weighted by molar-refractivity contribution is 4.94. The van der Waals surface area contributed by atoms with Gasteiger partial charge in [0.25, 0.3) is 0 Å². The Morgan fingerprint density at radius 1 is 1.41 bits per heavy atom. The van der Waals surface area contributed by atoms with E-state index in [9.17, 15) is 0 Å². The SMILES string of the molecule is CC(C)N(CCN)C1CCOC2(CCOC2)C1. The molecule has 1 spiro atoms. The highest BCUT2D eigenvalue weighted by atomic mass is 16.6. The topological polar surface area (TPSA) is 47.7 Å². The van der Waals surface area contributed by atoms with E-state index in [0.717, 1.165) is 52.2 Å². The van der Waals surface area contributed by atoms with Gasteiger partial charge in [0.05, 0.1) is 12.2 Å². The summed E-state index contributed by atoms with van der Waals surface area (Å²) in [6, 6.07) is 1.16. The van der Waals surface area contributed by atoms with Crippen molar-refractivity contribution in [1.29, 1.82) is 0 Å². The van der Waals surface area contributed by atoms with Crippen molar-refractivity contribution in [3.63, 3.8) is 0 Å². The molecule has 2 unspecified atom stereocenters. The highest BCUT2D eigenvalue weighted by Crippen LogP contribution is 2.35. The quantitative estimate of drug-likeness (QED) is 0.799. The Bertz CT molecular complexity index is 240. The van der Waals surface area contributed by atoms with Crippen molar-refractivity contribution in [1.82, 2.24) is 4.90 Å². The molecule has 100 valence electrons. The second kappa shape index (κ2) is 5.65. The summed E-state index contributed by atoms with van der Waals surface area (Å²) in [5, 5.41) is 0. The molecule has 0 aliphatic carbocycles. The predicted octanol–water partition coefficient (Wildman–Crippen LogP) is 0.994. The number of nitrogens with zero attached hydrogens (tertiary/aromatic N) is 1. The summed E-state index contributed by atoms with van der Waals surface area (Å²) in [4.78, 5) is 2.53. The van der Waals surface area contributed by atoms with Gasteiger partial charge in [-0.15, -0.1) is 0 Å². The van der Waals surface area contributed by atoms with E-state index in [2.05, 4.69) is 18.7 Å². The van der Waals surface area contributed by atoms with Crippen LogP contribution in [0.2, 0.25) is 0 Å². The minimum atomic E-state index is 0.00462. The van der Waals surface area contributed by atoms with Crippen LogP contribution in [0.5, 0.6) is 0 Å². The Kier molecular flexibility index (Phi) is 4.42. The first kappa shape index (κ1) is 13.3. The van der Waals surface area contributed by atoms with Gasteiger partial charge in [-0.1, -0.05) is 0 Å². The molecule has 0 aromatic heterocycles. The molecule has 2 aliphatic rings. The molecule has 0 bridgehead atoms. The smallest absolute Gasteiger partial charge is 0.0951 e. The summed E-state index contributed by atoms with van der Waals surface area (Å²) < 4.78 is 11.5. The largest absolute Gasteiger partial charge is 0.378 e. The number of nitrogens with two attached hydrogens (primary N) is 1. The van der Waals surface area contributed by atoms with Gasteiger partial charge < -0.3 is 15.2 Å². The van der Waals surface area contributed by atoms with Crippen molar-refractivity contribution >= 4 is 0 Å². The molecule has 17 heavy (non-hydrogen) atoms. The molecule has 2 aliphatic heterocycles. The van der Waals surface area contributed by atoms with Gasteiger partial charge in [0.15, 0.2) is 0 Å². The molecule has 0 saturated carbocycles. The van der Waals surface area contributed by atoms with Gasteiger partial charge in [0.1, 0.15) is 0 Å². The maximum Gasteiger partial charge on any atom is 0.0951 e. The molecule has 0 aromatic carbocycles. The zero-order valence-electron chi connectivity index (χ0n) is 11.2. The van der Waals surface area contributed by atoms with Crippen LogP contribution in [0, 0.1) is 0 Å². The second-order valence-corrected chi connectivity index (χ2v) is 5.60. The van der Waals surface area contributed by atoms with Crippen LogP contribution in [-0.2, 0) is 9.47 Å². The van der Waals surface area contributed by atoms with Gasteiger partial charge in [-0.2, -0.15) is 0 Å². The zero-order valence-corrected chi connectivity index (χ0v) is 11.2. The first-order chi connectivity index (χ1) is 8.17. The molecule has 2 fully saturated rings. The number of hydrogen-bond donors (Lipinski definition) is 1. The van der Waals surface area contributed by atoms with Gasteiger partial charge in [-0.05, 0) is 26.7 Å². The lowest BCUT2D eigenvalue weighted by molar-refractivity contribution is -0.109. The second-order valence-electron chi connectivity index (χ2n) is 5.60. The fourth-order valence-corrected chi connectivity index (χ4v) is 3.16. The van der Waals surface area contributed by atoms with Gasteiger partial charge >= 0.3 is 0 Å². The number of ether oxygens (including phenoxy) is 2. The third kappa shape index (κ3) is 2.99. The van der Waals surface area contributed by atoms with Crippen LogP contribution in [-0.4, -0.2) is 55.5 Å². The summed E-state index contributed by atoms with van der Waals surface area (Å²) >= 11 is 0. The van der Waals surface area contributed by atoms with Crippen LogP contribution in [0.15, 0.2) is 0 Å². The van der Waals surface area contributed by atoms with Crippen molar-refractivity contribution in [3.8, 4) is 0 Å². The highest BCUT2D eigenvalue weighted by Gasteiger charge is 2.42. The predicted molar refractivity (Wildman–Crippen MR) is 68.0 cm³/mol. The van der Waals surface area contributed by atoms with Gasteiger partial charge in [0.2, 0.25) is 0 Å². The van der Waals surface area contributed by atoms with Crippen molar-refractivity contribution in [3.05, 3.63) is 0 Å². The molecular formula is C13H26N2O2. The molecular weight excluding hydrogens is 216 g/mol. The molecule has 2 rings (SSSR count). The fourth-order valence-electron chi connectivity index (χ4n) is 3.16. The molecule has 2 atom stereocenters. The van der Waals surface area contributed by atoms with Crippen molar-refractivity contribution in [2.45, 2.75) is 50.8 Å². The van der Waals surface area contributed by atoms with Crippen molar-refractivity contribution in [2.24, 2.45) is 5.73 Å². The van der Waals surface area contributed by atoms with Gasteiger partial charge in [-0.25, -0.2) is 0 Å². The maximum atomic E-state index is 5.98. The average molecular weight is 242 g/mol. The Morgan fingerprint density at radius 2 is 2.24 bits per heavy atom. The summed E-state index contributed by atoms with van der Waals surface area (Å²) in [6.45, 7) is 8.72. The lowest BCUT2D eigenvalue weighted by Crippen LogP contribution is -2.52. The van der Waals surface area contributed by atoms with Crippen LogP contribution in [0.4, 0.5) is 0 Å². The minimum Gasteiger partial charge on any atom is -0.378 e. The lowest BCUT2D eigenvalue weighted by atomic mass is 9.88. The van der Waals surface area contributed by atoms with E-state index in [-0.39, 0.29) is 5.60 Å². The van der Waals surface area contributed by atoms with E-state index in [1.165, 1.54) is 0 Å². The van der Waals surface area contributed by atoms with E-state index in [1.54, 1.807) is 0 Å².